The van der Waals surface area contributed by atoms with Gasteiger partial charge in [-0.1, -0.05) is 13.8 Å². The second-order valence-electron chi connectivity index (χ2n) is 2.68. The predicted molar refractivity (Wildman–Crippen MR) is 44.9 cm³/mol. The van der Waals surface area contributed by atoms with E-state index in [1.807, 2.05) is 0 Å². The van der Waals surface area contributed by atoms with E-state index in [9.17, 15) is 0 Å². The number of aromatic nitrogens is 1. The molecule has 0 fully saturated rings. The lowest BCUT2D eigenvalue weighted by molar-refractivity contribution is 0.404. The van der Waals surface area contributed by atoms with E-state index in [-0.39, 0.29) is 0 Å². The Kier molecular flexibility index (Phi) is 2.04. The zero-order chi connectivity index (χ0) is 9.14. The summed E-state index contributed by atoms with van der Waals surface area (Å²) < 4.78 is 12.4. The molecule has 0 aliphatic heterocycles. The van der Waals surface area contributed by atoms with Gasteiger partial charge in [0, 0.05) is 6.20 Å². The Balaban J connectivity index is 3.11. The molecule has 60 valence electrons. The highest BCUT2D eigenvalue weighted by Crippen LogP contribution is 2.22. The van der Waals surface area contributed by atoms with E-state index in [2.05, 4.69) is 18.8 Å². The highest BCUT2D eigenvalue weighted by molar-refractivity contribution is 5.28. The summed E-state index contributed by atoms with van der Waals surface area (Å²) in [5.41, 5.74) is 0.911. The summed E-state index contributed by atoms with van der Waals surface area (Å²) in [5.74, 6) is 1.04. The number of hydrogen-bond acceptors (Lipinski definition) is 2. The van der Waals surface area contributed by atoms with E-state index < -0.39 is 0 Å². The zero-order valence-corrected chi connectivity index (χ0v) is 7.09. The van der Waals surface area contributed by atoms with E-state index >= 15 is 0 Å². The molecule has 11 heavy (non-hydrogen) atoms. The molecule has 1 rings (SSSR count). The van der Waals surface area contributed by atoms with Crippen molar-refractivity contribution in [2.45, 2.75) is 19.8 Å². The third kappa shape index (κ3) is 1.70. The van der Waals surface area contributed by atoms with Gasteiger partial charge < -0.3 is 4.74 Å². The highest BCUT2D eigenvalue weighted by atomic mass is 16.5. The van der Waals surface area contributed by atoms with Gasteiger partial charge in [0.15, 0.2) is 0 Å². The van der Waals surface area contributed by atoms with E-state index in [0.717, 1.165) is 5.69 Å². The van der Waals surface area contributed by atoms with Gasteiger partial charge in [-0.2, -0.15) is 0 Å². The molecule has 1 heterocycles. The molecule has 0 atom stereocenters. The van der Waals surface area contributed by atoms with Gasteiger partial charge in [-0.05, 0) is 18.0 Å². The normalized spacial score (nSPS) is 11.5. The third-order valence-corrected chi connectivity index (χ3v) is 1.51. The van der Waals surface area contributed by atoms with Crippen LogP contribution >= 0.6 is 0 Å². The standard InChI is InChI=1S/C9H13NO/c1-7(2)9-8(11-3)5-4-6-10-9/h4-7H,1-3H3/i4D. The summed E-state index contributed by atoms with van der Waals surface area (Å²) in [4.78, 5) is 4.14. The number of rotatable bonds is 2. The van der Waals surface area contributed by atoms with Crippen molar-refractivity contribution in [3.63, 3.8) is 0 Å². The van der Waals surface area contributed by atoms with Crippen LogP contribution in [-0.4, -0.2) is 12.1 Å². The molecule has 0 aliphatic rings. The molecule has 0 N–H and O–H groups in total. The lowest BCUT2D eigenvalue weighted by Gasteiger charge is -2.08. The van der Waals surface area contributed by atoms with Gasteiger partial charge in [0.05, 0.1) is 14.2 Å². The van der Waals surface area contributed by atoms with Crippen LogP contribution in [0.3, 0.4) is 0 Å². The first-order valence-electron chi connectivity index (χ1n) is 4.15. The second kappa shape index (κ2) is 3.37. The topological polar surface area (TPSA) is 22.1 Å². The lowest BCUT2D eigenvalue weighted by Crippen LogP contribution is -1.96. The SMILES string of the molecule is [2H]c1cnc(C(C)C)c(OC)c1. The highest BCUT2D eigenvalue weighted by Gasteiger charge is 2.05. The van der Waals surface area contributed by atoms with Gasteiger partial charge in [-0.15, -0.1) is 0 Å². The zero-order valence-electron chi connectivity index (χ0n) is 8.09. The largest absolute Gasteiger partial charge is 0.495 e. The van der Waals surface area contributed by atoms with Crippen LogP contribution in [0.5, 0.6) is 5.75 Å². The molecule has 2 heteroatoms. The van der Waals surface area contributed by atoms with Crippen LogP contribution < -0.4 is 4.74 Å². The van der Waals surface area contributed by atoms with Gasteiger partial charge in [-0.25, -0.2) is 0 Å². The summed E-state index contributed by atoms with van der Waals surface area (Å²) in [6, 6.07) is 2.07. The predicted octanol–water partition coefficient (Wildman–Crippen LogP) is 2.21. The molecular formula is C9H13NO. The third-order valence-electron chi connectivity index (χ3n) is 1.51. The molecule has 2 nitrogen and oxygen atoms in total. The van der Waals surface area contributed by atoms with Crippen molar-refractivity contribution in [1.82, 2.24) is 4.98 Å². The molecule has 1 aromatic heterocycles. The monoisotopic (exact) mass is 152 g/mol. The number of hydrogen-bond donors (Lipinski definition) is 0. The quantitative estimate of drug-likeness (QED) is 0.648. The molecule has 0 aromatic carbocycles. The maximum absolute atomic E-state index is 7.33. The molecule has 0 bridgehead atoms. The van der Waals surface area contributed by atoms with E-state index in [0.29, 0.717) is 17.7 Å². The van der Waals surface area contributed by atoms with Gasteiger partial charge >= 0.3 is 0 Å². The second-order valence-corrected chi connectivity index (χ2v) is 2.68. The van der Waals surface area contributed by atoms with Gasteiger partial charge in [0.2, 0.25) is 0 Å². The van der Waals surface area contributed by atoms with E-state index in [1.165, 1.54) is 6.20 Å². The Morgan fingerprint density at radius 1 is 1.64 bits per heavy atom. The summed E-state index contributed by atoms with van der Waals surface area (Å²) in [6.07, 6.45) is 1.54. The van der Waals surface area contributed by atoms with Crippen LogP contribution in [-0.2, 0) is 0 Å². The Morgan fingerprint density at radius 3 is 2.91 bits per heavy atom. The fourth-order valence-corrected chi connectivity index (χ4v) is 0.954. The van der Waals surface area contributed by atoms with E-state index in [1.54, 1.807) is 13.2 Å². The maximum atomic E-state index is 7.33. The molecule has 0 amide bonds. The molecular weight excluding hydrogens is 138 g/mol. The molecule has 0 radical (unpaired) electrons. The van der Waals surface area contributed by atoms with Crippen LogP contribution in [0.2, 0.25) is 0 Å². The number of ether oxygens (including phenoxy) is 1. The van der Waals surface area contributed by atoms with Crippen molar-refractivity contribution in [3.8, 4) is 5.75 Å². The van der Waals surface area contributed by atoms with Crippen molar-refractivity contribution in [2.75, 3.05) is 7.11 Å². The van der Waals surface area contributed by atoms with Gasteiger partial charge in [0.25, 0.3) is 0 Å². The van der Waals surface area contributed by atoms with Crippen LogP contribution in [0, 0.1) is 0 Å². The summed E-state index contributed by atoms with van der Waals surface area (Å²) in [5, 5.41) is 0. The van der Waals surface area contributed by atoms with Gasteiger partial charge in [0.1, 0.15) is 5.75 Å². The molecule has 0 spiro atoms. The maximum Gasteiger partial charge on any atom is 0.140 e. The first-order valence-corrected chi connectivity index (χ1v) is 3.65. The molecule has 0 saturated carbocycles. The molecule has 1 aromatic rings. The average Bonchev–Trinajstić information content (AvgIpc) is 2.03. The first-order chi connectivity index (χ1) is 5.65. The summed E-state index contributed by atoms with van der Waals surface area (Å²) in [7, 11) is 1.60. The lowest BCUT2D eigenvalue weighted by atomic mass is 10.1. The van der Waals surface area contributed by atoms with E-state index in [4.69, 9.17) is 6.11 Å². The van der Waals surface area contributed by atoms with Crippen molar-refractivity contribution >= 4 is 0 Å². The minimum absolute atomic E-state index is 0.334. The van der Waals surface area contributed by atoms with Crippen molar-refractivity contribution < 1.29 is 6.11 Å². The molecule has 0 saturated heterocycles. The molecule has 0 unspecified atom stereocenters. The van der Waals surface area contributed by atoms with Crippen LogP contribution in [0.4, 0.5) is 0 Å². The fourth-order valence-electron chi connectivity index (χ4n) is 0.954. The number of nitrogens with zero attached hydrogens (tertiary/aromatic N) is 1. The summed E-state index contributed by atoms with van der Waals surface area (Å²) in [6.45, 7) is 4.10. The fraction of sp³-hybridized carbons (Fsp3) is 0.444. The van der Waals surface area contributed by atoms with Crippen LogP contribution in [0.1, 0.15) is 26.8 Å². The van der Waals surface area contributed by atoms with Crippen molar-refractivity contribution in [3.05, 3.63) is 24.0 Å². The smallest absolute Gasteiger partial charge is 0.140 e. The Bertz CT molecular complexity index is 273. The van der Waals surface area contributed by atoms with Crippen LogP contribution in [0.25, 0.3) is 0 Å². The summed E-state index contributed by atoms with van der Waals surface area (Å²) >= 11 is 0. The number of methoxy groups -OCH3 is 1. The minimum Gasteiger partial charge on any atom is -0.495 e. The molecule has 0 aliphatic carbocycles. The number of pyridine rings is 1. The first kappa shape index (κ1) is 6.65. The average molecular weight is 152 g/mol. The minimum atomic E-state index is 0.334. The Hall–Kier alpha value is -1.05. The Labute approximate surface area is 68.6 Å². The van der Waals surface area contributed by atoms with Crippen molar-refractivity contribution in [1.29, 1.82) is 0 Å². The van der Waals surface area contributed by atoms with Crippen LogP contribution in [0.15, 0.2) is 18.3 Å². The van der Waals surface area contributed by atoms with Gasteiger partial charge in [-0.3, -0.25) is 4.98 Å². The Morgan fingerprint density at radius 2 is 2.36 bits per heavy atom. The van der Waals surface area contributed by atoms with Crippen molar-refractivity contribution in [2.24, 2.45) is 0 Å².